The van der Waals surface area contributed by atoms with Crippen LogP contribution >= 0.6 is 12.2 Å². The van der Waals surface area contributed by atoms with Crippen LogP contribution in [0, 0.1) is 5.82 Å². The van der Waals surface area contributed by atoms with Crippen molar-refractivity contribution in [3.05, 3.63) is 95.8 Å². The van der Waals surface area contributed by atoms with Gasteiger partial charge in [-0.05, 0) is 61.1 Å². The molecule has 0 saturated heterocycles. The monoisotopic (exact) mass is 393 g/mol. The third-order valence-corrected chi connectivity index (χ3v) is 4.39. The molecule has 0 aliphatic rings. The first-order valence-electron chi connectivity index (χ1n) is 8.81. The van der Waals surface area contributed by atoms with E-state index < -0.39 is 11.7 Å². The second-order valence-corrected chi connectivity index (χ2v) is 6.65. The Labute approximate surface area is 168 Å². The van der Waals surface area contributed by atoms with E-state index >= 15 is 0 Å². The van der Waals surface area contributed by atoms with Crippen molar-refractivity contribution in [1.29, 1.82) is 0 Å². The minimum absolute atomic E-state index is 0.00461. The third-order valence-electron chi connectivity index (χ3n) is 4.17. The van der Waals surface area contributed by atoms with Crippen LogP contribution in [-0.2, 0) is 0 Å². The molecule has 0 unspecified atom stereocenters. The van der Waals surface area contributed by atoms with Crippen LogP contribution in [-0.4, -0.2) is 11.0 Å². The summed E-state index contributed by atoms with van der Waals surface area (Å²) in [7, 11) is 0. The Morgan fingerprint density at radius 1 is 0.857 bits per heavy atom. The number of rotatable bonds is 5. The molecule has 0 aliphatic carbocycles. The van der Waals surface area contributed by atoms with E-state index in [1.54, 1.807) is 36.4 Å². The first-order chi connectivity index (χ1) is 13.5. The SMILES string of the molecule is C[C@H](NC(=S)Nc1ccc(NC(=O)c2ccccc2F)cc1)c1ccccc1. The van der Waals surface area contributed by atoms with E-state index in [-0.39, 0.29) is 11.6 Å². The van der Waals surface area contributed by atoms with Crippen molar-refractivity contribution >= 4 is 34.6 Å². The minimum Gasteiger partial charge on any atom is -0.356 e. The lowest BCUT2D eigenvalue weighted by molar-refractivity contribution is 0.102. The number of carbonyl (C=O) groups excluding carboxylic acids is 1. The summed E-state index contributed by atoms with van der Waals surface area (Å²) in [6.07, 6.45) is 0. The number of anilines is 2. The van der Waals surface area contributed by atoms with Gasteiger partial charge in [-0.3, -0.25) is 4.79 Å². The summed E-state index contributed by atoms with van der Waals surface area (Å²) in [5.41, 5.74) is 2.49. The van der Waals surface area contributed by atoms with Crippen LogP contribution in [0.1, 0.15) is 28.9 Å². The maximum atomic E-state index is 13.7. The van der Waals surface area contributed by atoms with Crippen molar-refractivity contribution in [2.75, 3.05) is 10.6 Å². The van der Waals surface area contributed by atoms with E-state index in [0.29, 0.717) is 10.8 Å². The highest BCUT2D eigenvalue weighted by Crippen LogP contribution is 2.17. The quantitative estimate of drug-likeness (QED) is 0.526. The number of hydrogen-bond acceptors (Lipinski definition) is 2. The number of carbonyl (C=O) groups is 1. The van der Waals surface area contributed by atoms with Gasteiger partial charge in [0.1, 0.15) is 5.82 Å². The zero-order valence-electron chi connectivity index (χ0n) is 15.3. The molecular formula is C22H20FN3OS. The predicted octanol–water partition coefficient (Wildman–Crippen LogP) is 5.13. The first-order valence-corrected chi connectivity index (χ1v) is 9.22. The van der Waals surface area contributed by atoms with Crippen molar-refractivity contribution < 1.29 is 9.18 Å². The lowest BCUT2D eigenvalue weighted by Gasteiger charge is -2.17. The second-order valence-electron chi connectivity index (χ2n) is 6.24. The molecule has 0 aromatic heterocycles. The molecular weight excluding hydrogens is 373 g/mol. The van der Waals surface area contributed by atoms with Crippen molar-refractivity contribution in [3.63, 3.8) is 0 Å². The fourth-order valence-corrected chi connectivity index (χ4v) is 2.96. The van der Waals surface area contributed by atoms with E-state index in [9.17, 15) is 9.18 Å². The number of thiocarbonyl (C=S) groups is 1. The van der Waals surface area contributed by atoms with E-state index in [2.05, 4.69) is 16.0 Å². The van der Waals surface area contributed by atoms with Gasteiger partial charge in [0.25, 0.3) is 5.91 Å². The molecule has 0 heterocycles. The van der Waals surface area contributed by atoms with Crippen molar-refractivity contribution in [2.45, 2.75) is 13.0 Å². The highest BCUT2D eigenvalue weighted by atomic mass is 32.1. The van der Waals surface area contributed by atoms with Crippen LogP contribution in [0.2, 0.25) is 0 Å². The molecule has 1 amide bonds. The Morgan fingerprint density at radius 2 is 1.43 bits per heavy atom. The maximum Gasteiger partial charge on any atom is 0.258 e. The highest BCUT2D eigenvalue weighted by molar-refractivity contribution is 7.80. The molecule has 3 N–H and O–H groups in total. The van der Waals surface area contributed by atoms with Gasteiger partial charge >= 0.3 is 0 Å². The Kier molecular flexibility index (Phi) is 6.34. The van der Waals surface area contributed by atoms with Gasteiger partial charge < -0.3 is 16.0 Å². The van der Waals surface area contributed by atoms with Gasteiger partial charge in [-0.15, -0.1) is 0 Å². The van der Waals surface area contributed by atoms with Crippen LogP contribution < -0.4 is 16.0 Å². The molecule has 0 bridgehead atoms. The fourth-order valence-electron chi connectivity index (χ4n) is 2.67. The van der Waals surface area contributed by atoms with E-state index in [4.69, 9.17) is 12.2 Å². The number of halogens is 1. The van der Waals surface area contributed by atoms with Crippen molar-refractivity contribution in [3.8, 4) is 0 Å². The standard InChI is InChI=1S/C22H20FN3OS/c1-15(16-7-3-2-4-8-16)24-22(28)26-18-13-11-17(12-14-18)25-21(27)19-9-5-6-10-20(19)23/h2-15H,1H3,(H,25,27)(H2,24,26,28)/t15-/m0/s1. The molecule has 0 saturated carbocycles. The lowest BCUT2D eigenvalue weighted by atomic mass is 10.1. The summed E-state index contributed by atoms with van der Waals surface area (Å²) in [6, 6.07) is 23.0. The Hall–Kier alpha value is -3.25. The molecule has 28 heavy (non-hydrogen) atoms. The van der Waals surface area contributed by atoms with Gasteiger partial charge in [0.15, 0.2) is 5.11 Å². The number of hydrogen-bond donors (Lipinski definition) is 3. The molecule has 4 nitrogen and oxygen atoms in total. The molecule has 3 aromatic carbocycles. The Balaban J connectivity index is 1.56. The second kappa shape index (κ2) is 9.10. The summed E-state index contributed by atoms with van der Waals surface area (Å²) < 4.78 is 13.7. The predicted molar refractivity (Wildman–Crippen MR) is 115 cm³/mol. The average molecular weight is 393 g/mol. The minimum atomic E-state index is -0.553. The largest absolute Gasteiger partial charge is 0.356 e. The summed E-state index contributed by atoms with van der Waals surface area (Å²) in [6.45, 7) is 2.03. The maximum absolute atomic E-state index is 13.7. The van der Waals surface area contributed by atoms with Crippen LogP contribution in [0.3, 0.4) is 0 Å². The van der Waals surface area contributed by atoms with Crippen LogP contribution in [0.25, 0.3) is 0 Å². The van der Waals surface area contributed by atoms with Gasteiger partial charge in [0, 0.05) is 11.4 Å². The number of benzene rings is 3. The molecule has 1 atom stereocenters. The summed E-state index contributed by atoms with van der Waals surface area (Å²) >= 11 is 5.36. The smallest absolute Gasteiger partial charge is 0.258 e. The average Bonchev–Trinajstić information content (AvgIpc) is 2.70. The molecule has 0 fully saturated rings. The molecule has 0 spiro atoms. The normalized spacial score (nSPS) is 11.4. The molecule has 3 rings (SSSR count). The molecule has 0 aliphatic heterocycles. The van der Waals surface area contributed by atoms with Gasteiger partial charge in [-0.25, -0.2) is 4.39 Å². The van der Waals surface area contributed by atoms with Crippen LogP contribution in [0.5, 0.6) is 0 Å². The van der Waals surface area contributed by atoms with Crippen LogP contribution in [0.15, 0.2) is 78.9 Å². The van der Waals surface area contributed by atoms with E-state index in [1.165, 1.54) is 12.1 Å². The van der Waals surface area contributed by atoms with Gasteiger partial charge in [-0.2, -0.15) is 0 Å². The summed E-state index contributed by atoms with van der Waals surface area (Å²) in [5.74, 6) is -1.05. The Bertz CT molecular complexity index is 961. The highest BCUT2D eigenvalue weighted by Gasteiger charge is 2.11. The molecule has 0 radical (unpaired) electrons. The fraction of sp³-hybridized carbons (Fsp3) is 0.0909. The molecule has 3 aromatic rings. The van der Waals surface area contributed by atoms with Crippen LogP contribution in [0.4, 0.5) is 15.8 Å². The van der Waals surface area contributed by atoms with Gasteiger partial charge in [-0.1, -0.05) is 42.5 Å². The number of nitrogens with one attached hydrogen (secondary N) is 3. The van der Waals surface area contributed by atoms with Gasteiger partial charge in [0.05, 0.1) is 11.6 Å². The summed E-state index contributed by atoms with van der Waals surface area (Å²) in [4.78, 5) is 12.2. The lowest BCUT2D eigenvalue weighted by Crippen LogP contribution is -2.30. The number of amides is 1. The summed E-state index contributed by atoms with van der Waals surface area (Å²) in [5, 5.41) is 9.52. The third kappa shape index (κ3) is 5.14. The van der Waals surface area contributed by atoms with E-state index in [1.807, 2.05) is 37.3 Å². The van der Waals surface area contributed by atoms with E-state index in [0.717, 1.165) is 11.3 Å². The topological polar surface area (TPSA) is 53.2 Å². The molecule has 6 heteroatoms. The van der Waals surface area contributed by atoms with Crippen molar-refractivity contribution in [1.82, 2.24) is 5.32 Å². The first kappa shape index (κ1) is 19.5. The molecule has 142 valence electrons. The Morgan fingerprint density at radius 3 is 2.07 bits per heavy atom. The van der Waals surface area contributed by atoms with Gasteiger partial charge in [0.2, 0.25) is 0 Å². The zero-order chi connectivity index (χ0) is 19.9. The van der Waals surface area contributed by atoms with Crippen molar-refractivity contribution in [2.24, 2.45) is 0 Å². The zero-order valence-corrected chi connectivity index (χ0v) is 16.1.